The lowest BCUT2D eigenvalue weighted by Crippen LogP contribution is -2.13. The highest BCUT2D eigenvalue weighted by atomic mass is 35.5. The van der Waals surface area contributed by atoms with Crippen molar-refractivity contribution in [2.75, 3.05) is 19.5 Å². The number of hydrogen-bond donors (Lipinski definition) is 1. The Labute approximate surface area is 160 Å². The lowest BCUT2D eigenvalue weighted by atomic mass is 10.2. The van der Waals surface area contributed by atoms with Crippen LogP contribution in [0.1, 0.15) is 16.1 Å². The summed E-state index contributed by atoms with van der Waals surface area (Å²) in [6.07, 6.45) is 0. The largest absolute Gasteiger partial charge is 0.493 e. The molecule has 3 aromatic rings. The van der Waals surface area contributed by atoms with E-state index in [0.29, 0.717) is 27.9 Å². The van der Waals surface area contributed by atoms with Gasteiger partial charge in [0.1, 0.15) is 10.7 Å². The summed E-state index contributed by atoms with van der Waals surface area (Å²) in [4.78, 5) is 16.9. The molecule has 7 heteroatoms. The van der Waals surface area contributed by atoms with E-state index in [2.05, 4.69) is 10.3 Å². The Morgan fingerprint density at radius 3 is 2.42 bits per heavy atom. The van der Waals surface area contributed by atoms with Crippen molar-refractivity contribution >= 4 is 34.5 Å². The van der Waals surface area contributed by atoms with Crippen molar-refractivity contribution in [3.8, 4) is 22.1 Å². The number of hydrogen-bond acceptors (Lipinski definition) is 5. The molecule has 1 N–H and O–H groups in total. The molecule has 0 saturated carbocycles. The van der Waals surface area contributed by atoms with Gasteiger partial charge in [0, 0.05) is 23.1 Å². The van der Waals surface area contributed by atoms with Crippen molar-refractivity contribution in [1.29, 1.82) is 0 Å². The number of thiazole rings is 1. The molecule has 0 aliphatic carbocycles. The molecule has 0 bridgehead atoms. The fourth-order valence-electron chi connectivity index (χ4n) is 2.34. The summed E-state index contributed by atoms with van der Waals surface area (Å²) in [5, 5.41) is 5.62. The smallest absolute Gasteiger partial charge is 0.275 e. The topological polar surface area (TPSA) is 60.5 Å². The van der Waals surface area contributed by atoms with Crippen LogP contribution in [-0.2, 0) is 0 Å². The maximum atomic E-state index is 12.5. The standard InChI is InChI=1S/C19H17ClN2O3S/c1-11-4-6-12(7-5-11)19-22-15(10-26-19)18(23)21-14-9-17(25-3)16(24-2)8-13(14)20/h4-10H,1-3H3,(H,21,23). The van der Waals surface area contributed by atoms with E-state index in [4.69, 9.17) is 21.1 Å². The second-order valence-corrected chi connectivity index (χ2v) is 6.81. The minimum absolute atomic E-state index is 0.330. The zero-order valence-corrected chi connectivity index (χ0v) is 16.1. The summed E-state index contributed by atoms with van der Waals surface area (Å²) in [5.41, 5.74) is 2.91. The summed E-state index contributed by atoms with van der Waals surface area (Å²) in [6, 6.07) is 11.2. The number of ether oxygens (including phenoxy) is 2. The molecule has 1 heterocycles. The number of rotatable bonds is 5. The van der Waals surface area contributed by atoms with Crippen LogP contribution in [0, 0.1) is 6.92 Å². The third-order valence-corrected chi connectivity index (χ3v) is 4.96. The number of nitrogens with one attached hydrogen (secondary N) is 1. The Hall–Kier alpha value is -2.57. The molecular weight excluding hydrogens is 372 g/mol. The number of nitrogens with zero attached hydrogens (tertiary/aromatic N) is 1. The fraction of sp³-hybridized carbons (Fsp3) is 0.158. The summed E-state index contributed by atoms with van der Waals surface area (Å²) >= 11 is 7.63. The van der Waals surface area contributed by atoms with Crippen LogP contribution < -0.4 is 14.8 Å². The van der Waals surface area contributed by atoms with E-state index in [0.717, 1.165) is 10.6 Å². The third kappa shape index (κ3) is 3.81. The molecule has 0 atom stereocenters. The maximum absolute atomic E-state index is 12.5. The summed E-state index contributed by atoms with van der Waals surface area (Å²) < 4.78 is 10.4. The monoisotopic (exact) mass is 388 g/mol. The molecule has 0 fully saturated rings. The van der Waals surface area contributed by atoms with Gasteiger partial charge in [0.2, 0.25) is 0 Å². The SMILES string of the molecule is COc1cc(Cl)c(NC(=O)c2csc(-c3ccc(C)cc3)n2)cc1OC. The van der Waals surface area contributed by atoms with Gasteiger partial charge < -0.3 is 14.8 Å². The fourth-order valence-corrected chi connectivity index (χ4v) is 3.35. The van der Waals surface area contributed by atoms with Crippen molar-refractivity contribution in [3.05, 3.63) is 58.1 Å². The normalized spacial score (nSPS) is 10.5. The molecule has 2 aromatic carbocycles. The van der Waals surface area contributed by atoms with Crippen LogP contribution in [0.15, 0.2) is 41.8 Å². The number of benzene rings is 2. The molecule has 0 spiro atoms. The molecule has 134 valence electrons. The molecule has 1 amide bonds. The van der Waals surface area contributed by atoms with E-state index in [-0.39, 0.29) is 5.91 Å². The van der Waals surface area contributed by atoms with Crippen molar-refractivity contribution in [2.24, 2.45) is 0 Å². The molecule has 0 aliphatic rings. The number of carbonyl (C=O) groups is 1. The lowest BCUT2D eigenvalue weighted by Gasteiger charge is -2.12. The highest BCUT2D eigenvalue weighted by Crippen LogP contribution is 2.36. The van der Waals surface area contributed by atoms with Crippen LogP contribution in [0.2, 0.25) is 5.02 Å². The van der Waals surface area contributed by atoms with E-state index < -0.39 is 0 Å². The minimum atomic E-state index is -0.339. The van der Waals surface area contributed by atoms with Gasteiger partial charge >= 0.3 is 0 Å². The van der Waals surface area contributed by atoms with Crippen LogP contribution in [0.25, 0.3) is 10.6 Å². The molecule has 0 radical (unpaired) electrons. The van der Waals surface area contributed by atoms with Gasteiger partial charge in [-0.15, -0.1) is 11.3 Å². The quantitative estimate of drug-likeness (QED) is 0.665. The van der Waals surface area contributed by atoms with Gasteiger partial charge in [-0.3, -0.25) is 4.79 Å². The van der Waals surface area contributed by atoms with Gasteiger partial charge in [-0.25, -0.2) is 4.98 Å². The second-order valence-electron chi connectivity index (χ2n) is 5.55. The number of halogens is 1. The van der Waals surface area contributed by atoms with Gasteiger partial charge in [-0.05, 0) is 6.92 Å². The van der Waals surface area contributed by atoms with Gasteiger partial charge in [0.25, 0.3) is 5.91 Å². The predicted molar refractivity (Wildman–Crippen MR) is 105 cm³/mol. The molecule has 1 aromatic heterocycles. The number of aryl methyl sites for hydroxylation is 1. The number of amides is 1. The van der Waals surface area contributed by atoms with Crippen LogP contribution >= 0.6 is 22.9 Å². The molecule has 0 aliphatic heterocycles. The van der Waals surface area contributed by atoms with E-state index in [1.165, 1.54) is 31.1 Å². The Kier molecular flexibility index (Phi) is 5.44. The van der Waals surface area contributed by atoms with Gasteiger partial charge in [-0.1, -0.05) is 41.4 Å². The van der Waals surface area contributed by atoms with Gasteiger partial charge in [-0.2, -0.15) is 0 Å². The van der Waals surface area contributed by atoms with Crippen molar-refractivity contribution in [1.82, 2.24) is 4.98 Å². The van der Waals surface area contributed by atoms with E-state index in [1.54, 1.807) is 17.5 Å². The molecule has 0 saturated heterocycles. The highest BCUT2D eigenvalue weighted by Gasteiger charge is 2.16. The first-order chi connectivity index (χ1) is 12.5. The summed E-state index contributed by atoms with van der Waals surface area (Å²) in [5.74, 6) is 0.630. The van der Waals surface area contributed by atoms with Crippen LogP contribution in [-0.4, -0.2) is 25.1 Å². The molecule has 26 heavy (non-hydrogen) atoms. The van der Waals surface area contributed by atoms with E-state index in [9.17, 15) is 4.79 Å². The Bertz CT molecular complexity index is 938. The van der Waals surface area contributed by atoms with Gasteiger partial charge in [0.05, 0.1) is 24.9 Å². The Morgan fingerprint density at radius 2 is 1.77 bits per heavy atom. The van der Waals surface area contributed by atoms with Gasteiger partial charge in [0.15, 0.2) is 11.5 Å². The lowest BCUT2D eigenvalue weighted by molar-refractivity contribution is 0.102. The first kappa shape index (κ1) is 18.2. The molecule has 3 rings (SSSR count). The summed E-state index contributed by atoms with van der Waals surface area (Å²) in [6.45, 7) is 2.03. The van der Waals surface area contributed by atoms with Crippen molar-refractivity contribution < 1.29 is 14.3 Å². The maximum Gasteiger partial charge on any atom is 0.275 e. The van der Waals surface area contributed by atoms with Crippen molar-refractivity contribution in [2.45, 2.75) is 6.92 Å². The Morgan fingerprint density at radius 1 is 1.12 bits per heavy atom. The van der Waals surface area contributed by atoms with Crippen LogP contribution in [0.4, 0.5) is 5.69 Å². The zero-order valence-electron chi connectivity index (χ0n) is 14.5. The predicted octanol–water partition coefficient (Wildman–Crippen LogP) is 5.04. The number of aromatic nitrogens is 1. The Balaban J connectivity index is 1.82. The highest BCUT2D eigenvalue weighted by molar-refractivity contribution is 7.13. The number of methoxy groups -OCH3 is 2. The van der Waals surface area contributed by atoms with Crippen molar-refractivity contribution in [3.63, 3.8) is 0 Å². The molecule has 5 nitrogen and oxygen atoms in total. The van der Waals surface area contributed by atoms with Crippen LogP contribution in [0.5, 0.6) is 11.5 Å². The number of anilines is 1. The average Bonchev–Trinajstić information content (AvgIpc) is 3.13. The molecule has 0 unspecified atom stereocenters. The van der Waals surface area contributed by atoms with E-state index in [1.807, 2.05) is 31.2 Å². The first-order valence-electron chi connectivity index (χ1n) is 7.77. The molecular formula is C19H17ClN2O3S. The zero-order chi connectivity index (χ0) is 18.7. The second kappa shape index (κ2) is 7.76. The minimum Gasteiger partial charge on any atom is -0.493 e. The van der Waals surface area contributed by atoms with Crippen LogP contribution in [0.3, 0.4) is 0 Å². The van der Waals surface area contributed by atoms with E-state index >= 15 is 0 Å². The first-order valence-corrected chi connectivity index (χ1v) is 9.03. The average molecular weight is 389 g/mol. The summed E-state index contributed by atoms with van der Waals surface area (Å²) in [7, 11) is 3.04. The number of carbonyl (C=O) groups excluding carboxylic acids is 1. The third-order valence-electron chi connectivity index (χ3n) is 3.76.